The van der Waals surface area contributed by atoms with Crippen LogP contribution in [0.3, 0.4) is 0 Å². The number of anilines is 2. The van der Waals surface area contributed by atoms with E-state index in [0.29, 0.717) is 17.4 Å². The second-order valence-corrected chi connectivity index (χ2v) is 10.9. The molecule has 3 aliphatic rings. The molecule has 0 unspecified atom stereocenters. The van der Waals surface area contributed by atoms with Crippen LogP contribution >= 0.6 is 0 Å². The third-order valence-electron chi connectivity index (χ3n) is 8.38. The first-order chi connectivity index (χ1) is 21.6. The highest BCUT2D eigenvalue weighted by molar-refractivity contribution is 6.48. The fourth-order valence-electron chi connectivity index (χ4n) is 6.33. The van der Waals surface area contributed by atoms with Crippen molar-refractivity contribution in [2.45, 2.75) is 13.0 Å². The van der Waals surface area contributed by atoms with E-state index in [0.717, 1.165) is 60.3 Å². The van der Waals surface area contributed by atoms with Crippen LogP contribution in [0, 0.1) is 17.0 Å². The van der Waals surface area contributed by atoms with E-state index in [-0.39, 0.29) is 5.88 Å². The molecule has 5 heterocycles. The van der Waals surface area contributed by atoms with Gasteiger partial charge in [0.05, 0.1) is 34.4 Å². The average Bonchev–Trinajstić information content (AvgIpc) is 3.70. The number of para-hydroxylation sites is 4. The first kappa shape index (κ1) is 26.0. The van der Waals surface area contributed by atoms with E-state index < -0.39 is 11.0 Å². The summed E-state index contributed by atoms with van der Waals surface area (Å²) in [5.41, 5.74) is 5.30. The number of nitrogens with zero attached hydrogens (tertiary/aromatic N) is 8. The second kappa shape index (κ2) is 10.2. The monoisotopic (exact) mass is 584 g/mol. The molecule has 218 valence electrons. The van der Waals surface area contributed by atoms with Crippen LogP contribution in [0.25, 0.3) is 5.69 Å². The zero-order valence-corrected chi connectivity index (χ0v) is 23.9. The van der Waals surface area contributed by atoms with Gasteiger partial charge < -0.3 is 19.1 Å². The molecule has 0 radical (unpaired) electrons. The predicted octanol–water partition coefficient (Wildman–Crippen LogP) is 6.19. The molecule has 0 spiro atoms. The van der Waals surface area contributed by atoms with Crippen LogP contribution in [0.5, 0.6) is 0 Å². The maximum Gasteiger partial charge on any atom is 0.433 e. The number of aromatic nitrogens is 2. The highest BCUT2D eigenvalue weighted by Gasteiger charge is 2.44. The Bertz CT molecular complexity index is 1940. The van der Waals surface area contributed by atoms with Crippen LogP contribution in [0.15, 0.2) is 111 Å². The standard InChI is InChI=1S/C33H28N8O3/c1-22-29-30(27-16-17-28(44-27)41(42)43)39-26-15-9-8-14-25(26)34-32(38-20-18-37(19-21-38)23-10-4-2-5-11-23)33(39)35-31(29)40(36-22)24-12-6-3-7-13-24/h2-17,30H,18-21H2,1H3/t30-/m1/s1. The zero-order valence-electron chi connectivity index (χ0n) is 23.9. The van der Waals surface area contributed by atoms with E-state index in [9.17, 15) is 10.1 Å². The van der Waals surface area contributed by atoms with Crippen LogP contribution < -0.4 is 9.80 Å². The number of fused-ring (bicyclic) bond motifs is 4. The quantitative estimate of drug-likeness (QED) is 0.183. The Morgan fingerprint density at radius 1 is 0.773 bits per heavy atom. The van der Waals surface area contributed by atoms with Gasteiger partial charge in [0.2, 0.25) is 0 Å². The summed E-state index contributed by atoms with van der Waals surface area (Å²) in [4.78, 5) is 28.4. The summed E-state index contributed by atoms with van der Waals surface area (Å²) in [5.74, 6) is 2.19. The number of piperazine rings is 1. The van der Waals surface area contributed by atoms with E-state index in [4.69, 9.17) is 19.5 Å². The van der Waals surface area contributed by atoms with Gasteiger partial charge in [0.15, 0.2) is 17.5 Å². The Balaban J connectivity index is 1.29. The maximum absolute atomic E-state index is 11.7. The Morgan fingerprint density at radius 2 is 1.43 bits per heavy atom. The molecule has 11 nitrogen and oxygen atoms in total. The fraction of sp³-hybridized carbons (Fsp3) is 0.182. The average molecular weight is 585 g/mol. The molecular formula is C33H28N8O3. The molecule has 44 heavy (non-hydrogen) atoms. The lowest BCUT2D eigenvalue weighted by Gasteiger charge is -2.44. The van der Waals surface area contributed by atoms with Crippen molar-refractivity contribution in [1.82, 2.24) is 14.7 Å². The number of benzene rings is 3. The lowest BCUT2D eigenvalue weighted by atomic mass is 9.97. The third-order valence-corrected chi connectivity index (χ3v) is 8.38. The van der Waals surface area contributed by atoms with Crippen LogP contribution in [0.2, 0.25) is 0 Å². The lowest BCUT2D eigenvalue weighted by Crippen LogP contribution is -2.55. The molecule has 3 aliphatic heterocycles. The van der Waals surface area contributed by atoms with E-state index in [1.807, 2.05) is 72.3 Å². The summed E-state index contributed by atoms with van der Waals surface area (Å²) in [6.07, 6.45) is 0. The van der Waals surface area contributed by atoms with Gasteiger partial charge in [0.25, 0.3) is 0 Å². The van der Waals surface area contributed by atoms with Gasteiger partial charge in [-0.3, -0.25) is 10.1 Å². The molecule has 0 N–H and O–H groups in total. The molecule has 1 atom stereocenters. The largest absolute Gasteiger partial charge is 0.433 e. The molecule has 0 saturated carbocycles. The van der Waals surface area contributed by atoms with Gasteiger partial charge in [0.1, 0.15) is 16.7 Å². The predicted molar refractivity (Wildman–Crippen MR) is 169 cm³/mol. The third kappa shape index (κ3) is 4.16. The van der Waals surface area contributed by atoms with Gasteiger partial charge in [-0.15, -0.1) is 0 Å². The molecule has 1 saturated heterocycles. The van der Waals surface area contributed by atoms with Crippen molar-refractivity contribution in [3.63, 3.8) is 0 Å². The normalized spacial score (nSPS) is 17.4. The summed E-state index contributed by atoms with van der Waals surface area (Å²) in [5, 5.41) is 16.6. The molecule has 5 aromatic rings. The molecule has 11 heteroatoms. The minimum atomic E-state index is -0.555. The van der Waals surface area contributed by atoms with E-state index in [1.165, 1.54) is 11.8 Å². The van der Waals surface area contributed by atoms with Gasteiger partial charge >= 0.3 is 5.88 Å². The lowest BCUT2D eigenvalue weighted by molar-refractivity contribution is -0.402. The Hall–Kier alpha value is -5.71. The number of hydrogen-bond acceptors (Lipinski definition) is 9. The Morgan fingerprint density at radius 3 is 2.14 bits per heavy atom. The molecular weight excluding hydrogens is 556 g/mol. The second-order valence-electron chi connectivity index (χ2n) is 10.9. The highest BCUT2D eigenvalue weighted by Crippen LogP contribution is 2.49. The number of hydrogen-bond donors (Lipinski definition) is 0. The van der Waals surface area contributed by atoms with Crippen LogP contribution in [-0.4, -0.2) is 57.5 Å². The number of furan rings is 1. The van der Waals surface area contributed by atoms with Crippen molar-refractivity contribution in [3.8, 4) is 5.69 Å². The minimum Gasteiger partial charge on any atom is -0.403 e. The van der Waals surface area contributed by atoms with Crippen molar-refractivity contribution < 1.29 is 9.34 Å². The Labute approximate surface area is 253 Å². The maximum atomic E-state index is 11.7. The number of aryl methyl sites for hydroxylation is 1. The van der Waals surface area contributed by atoms with Crippen molar-refractivity contribution in [1.29, 1.82) is 0 Å². The highest BCUT2D eigenvalue weighted by atomic mass is 16.6. The summed E-state index contributed by atoms with van der Waals surface area (Å²) >= 11 is 0. The molecule has 0 amide bonds. The van der Waals surface area contributed by atoms with Crippen LogP contribution in [0.4, 0.5) is 28.8 Å². The molecule has 0 bridgehead atoms. The summed E-state index contributed by atoms with van der Waals surface area (Å²) in [7, 11) is 0. The summed E-state index contributed by atoms with van der Waals surface area (Å²) in [6.45, 7) is 5.11. The number of nitro groups is 1. The van der Waals surface area contributed by atoms with Gasteiger partial charge in [0, 0.05) is 31.9 Å². The van der Waals surface area contributed by atoms with Gasteiger partial charge in [-0.25, -0.2) is 14.7 Å². The molecule has 2 aromatic heterocycles. The number of aliphatic imine (C=N–C) groups is 2. The van der Waals surface area contributed by atoms with Gasteiger partial charge in [-0.2, -0.15) is 5.10 Å². The minimum absolute atomic E-state index is 0.310. The van der Waals surface area contributed by atoms with Crippen molar-refractivity contribution in [2.75, 3.05) is 36.0 Å². The van der Waals surface area contributed by atoms with Crippen molar-refractivity contribution >= 4 is 40.4 Å². The molecule has 3 aromatic carbocycles. The topological polar surface area (TPSA) is 109 Å². The summed E-state index contributed by atoms with van der Waals surface area (Å²) in [6, 6.07) is 30.8. The van der Waals surface area contributed by atoms with Crippen LogP contribution in [0.1, 0.15) is 23.1 Å². The first-order valence-corrected chi connectivity index (χ1v) is 14.6. The van der Waals surface area contributed by atoms with Gasteiger partial charge in [-0.1, -0.05) is 48.5 Å². The molecule has 0 aliphatic carbocycles. The van der Waals surface area contributed by atoms with Crippen molar-refractivity contribution in [3.05, 3.63) is 124 Å². The SMILES string of the molecule is Cc1nn(-c2ccccc2)c2c1[C@@H](c1ccc([N+](=O)[O-])o1)N1C(=N2)C(N2CCN(c3ccccc3)CC2)=Nc2ccccc21. The fourth-order valence-corrected chi connectivity index (χ4v) is 6.33. The summed E-state index contributed by atoms with van der Waals surface area (Å²) < 4.78 is 7.76. The smallest absolute Gasteiger partial charge is 0.403 e. The number of amidine groups is 2. The van der Waals surface area contributed by atoms with E-state index >= 15 is 0 Å². The van der Waals surface area contributed by atoms with E-state index in [1.54, 1.807) is 6.07 Å². The molecule has 8 rings (SSSR count). The zero-order chi connectivity index (χ0) is 29.8. The number of rotatable bonds is 4. The molecule has 1 fully saturated rings. The first-order valence-electron chi connectivity index (χ1n) is 14.6. The van der Waals surface area contributed by atoms with Crippen molar-refractivity contribution in [2.24, 2.45) is 9.98 Å². The Kier molecular flexibility index (Phi) is 6.03. The van der Waals surface area contributed by atoms with E-state index in [2.05, 4.69) is 39.0 Å². The van der Waals surface area contributed by atoms with Crippen LogP contribution in [-0.2, 0) is 0 Å². The van der Waals surface area contributed by atoms with Gasteiger partial charge in [-0.05, 0) is 49.4 Å².